The Kier molecular flexibility index (Phi) is 7.40. The van der Waals surface area contributed by atoms with Gasteiger partial charge in [0.15, 0.2) is 0 Å². The van der Waals surface area contributed by atoms with Crippen molar-refractivity contribution in [2.45, 2.75) is 25.7 Å². The van der Waals surface area contributed by atoms with Crippen molar-refractivity contribution in [3.8, 4) is 5.75 Å². The maximum absolute atomic E-state index is 13.0. The first kappa shape index (κ1) is 22.6. The highest BCUT2D eigenvalue weighted by Gasteiger charge is 2.19. The third-order valence-electron chi connectivity index (χ3n) is 5.90. The van der Waals surface area contributed by atoms with E-state index in [-0.39, 0.29) is 11.8 Å². The highest BCUT2D eigenvalue weighted by atomic mass is 16.5. The first-order chi connectivity index (χ1) is 16.1. The lowest BCUT2D eigenvalue weighted by atomic mass is 10.1. The maximum atomic E-state index is 13.0. The lowest BCUT2D eigenvalue weighted by Crippen LogP contribution is -2.27. The molecule has 2 amide bonds. The van der Waals surface area contributed by atoms with Gasteiger partial charge in [0.2, 0.25) is 5.91 Å². The number of hydrogen-bond acceptors (Lipinski definition) is 5. The number of nitrogens with one attached hydrogen (secondary N) is 2. The monoisotopic (exact) mass is 446 g/mol. The standard InChI is InChI=1S/C26H30N4O3/c1-33-20-11-9-19(10-12-20)13-15-28-26(32)22-18-24(29-23-7-3-2-6-21(22)23)27-14-5-17-30-16-4-8-25(30)31/h2-3,6-7,9-12,18H,4-5,8,13-17H2,1H3,(H,27,29)(H,28,32). The molecule has 0 bridgehead atoms. The summed E-state index contributed by atoms with van der Waals surface area (Å²) in [6, 6.07) is 17.3. The largest absolute Gasteiger partial charge is 0.497 e. The molecule has 1 saturated heterocycles. The summed E-state index contributed by atoms with van der Waals surface area (Å²) < 4.78 is 5.19. The van der Waals surface area contributed by atoms with Gasteiger partial charge in [0.05, 0.1) is 18.2 Å². The van der Waals surface area contributed by atoms with Gasteiger partial charge in [-0.05, 0) is 49.1 Å². The van der Waals surface area contributed by atoms with Gasteiger partial charge in [-0.2, -0.15) is 0 Å². The SMILES string of the molecule is COc1ccc(CCNC(=O)c2cc(NCCCN3CCCC3=O)nc3ccccc23)cc1. The Balaban J connectivity index is 1.37. The molecule has 4 rings (SSSR count). The molecule has 7 heteroatoms. The molecule has 1 aliphatic heterocycles. The molecule has 0 saturated carbocycles. The zero-order valence-corrected chi connectivity index (χ0v) is 19.0. The Morgan fingerprint density at radius 2 is 1.94 bits per heavy atom. The first-order valence-corrected chi connectivity index (χ1v) is 11.5. The van der Waals surface area contributed by atoms with Crippen LogP contribution in [0.5, 0.6) is 5.75 Å². The van der Waals surface area contributed by atoms with Crippen molar-refractivity contribution in [3.05, 3.63) is 65.7 Å². The zero-order valence-electron chi connectivity index (χ0n) is 19.0. The van der Waals surface area contributed by atoms with Gasteiger partial charge in [0, 0.05) is 38.0 Å². The van der Waals surface area contributed by atoms with Crippen LogP contribution >= 0.6 is 0 Å². The number of fused-ring (bicyclic) bond motifs is 1. The smallest absolute Gasteiger partial charge is 0.252 e. The fourth-order valence-corrected chi connectivity index (χ4v) is 4.09. The third-order valence-corrected chi connectivity index (χ3v) is 5.90. The number of carbonyl (C=O) groups is 2. The van der Waals surface area contributed by atoms with Crippen molar-refractivity contribution in [1.29, 1.82) is 0 Å². The first-order valence-electron chi connectivity index (χ1n) is 11.5. The average Bonchev–Trinajstić information content (AvgIpc) is 3.26. The molecule has 33 heavy (non-hydrogen) atoms. The van der Waals surface area contributed by atoms with Crippen LogP contribution in [0.3, 0.4) is 0 Å². The van der Waals surface area contributed by atoms with Crippen LogP contribution < -0.4 is 15.4 Å². The number of carbonyl (C=O) groups excluding carboxylic acids is 2. The number of amides is 2. The van der Waals surface area contributed by atoms with Crippen LogP contribution in [0.15, 0.2) is 54.6 Å². The number of benzene rings is 2. The van der Waals surface area contributed by atoms with Gasteiger partial charge in [-0.15, -0.1) is 0 Å². The zero-order chi connectivity index (χ0) is 23.0. The number of methoxy groups -OCH3 is 1. The molecular weight excluding hydrogens is 416 g/mol. The van der Waals surface area contributed by atoms with Gasteiger partial charge in [-0.3, -0.25) is 9.59 Å². The topological polar surface area (TPSA) is 83.6 Å². The number of para-hydroxylation sites is 1. The molecule has 0 unspecified atom stereocenters. The number of aromatic nitrogens is 1. The minimum atomic E-state index is -0.118. The van der Waals surface area contributed by atoms with E-state index in [0.717, 1.165) is 54.6 Å². The van der Waals surface area contributed by atoms with Crippen LogP contribution in [0.2, 0.25) is 0 Å². The molecule has 1 aliphatic rings. The fourth-order valence-electron chi connectivity index (χ4n) is 4.09. The van der Waals surface area contributed by atoms with Gasteiger partial charge in [0.25, 0.3) is 5.91 Å². The van der Waals surface area contributed by atoms with Crippen molar-refractivity contribution in [3.63, 3.8) is 0 Å². The second-order valence-corrected chi connectivity index (χ2v) is 8.19. The summed E-state index contributed by atoms with van der Waals surface area (Å²) in [6.07, 6.45) is 3.19. The summed E-state index contributed by atoms with van der Waals surface area (Å²) in [7, 11) is 1.64. The van der Waals surface area contributed by atoms with Crippen LogP contribution in [0, 0.1) is 0 Å². The molecule has 0 aliphatic carbocycles. The Bertz CT molecular complexity index is 1110. The molecule has 0 atom stereocenters. The Hall–Kier alpha value is -3.61. The van der Waals surface area contributed by atoms with Crippen molar-refractivity contribution >= 4 is 28.5 Å². The second kappa shape index (κ2) is 10.8. The molecule has 2 heterocycles. The highest BCUT2D eigenvalue weighted by molar-refractivity contribution is 6.07. The number of nitrogens with zero attached hydrogens (tertiary/aromatic N) is 2. The van der Waals surface area contributed by atoms with E-state index in [4.69, 9.17) is 4.74 Å². The van der Waals surface area contributed by atoms with Crippen LogP contribution in [0.4, 0.5) is 5.82 Å². The normalized spacial score (nSPS) is 13.4. The van der Waals surface area contributed by atoms with Gasteiger partial charge >= 0.3 is 0 Å². The van der Waals surface area contributed by atoms with E-state index in [1.807, 2.05) is 59.5 Å². The van der Waals surface area contributed by atoms with E-state index in [1.54, 1.807) is 7.11 Å². The van der Waals surface area contributed by atoms with Gasteiger partial charge in [-0.1, -0.05) is 30.3 Å². The minimum absolute atomic E-state index is 0.118. The van der Waals surface area contributed by atoms with Crippen LogP contribution in [-0.2, 0) is 11.2 Å². The molecule has 1 aromatic heterocycles. The maximum Gasteiger partial charge on any atom is 0.252 e. The van der Waals surface area contributed by atoms with E-state index in [0.29, 0.717) is 30.9 Å². The Morgan fingerprint density at radius 1 is 1.12 bits per heavy atom. The fraction of sp³-hybridized carbons (Fsp3) is 0.346. The van der Waals surface area contributed by atoms with Crippen molar-refractivity contribution < 1.29 is 14.3 Å². The number of ether oxygens (including phenoxy) is 1. The van der Waals surface area contributed by atoms with E-state index in [2.05, 4.69) is 15.6 Å². The molecule has 2 N–H and O–H groups in total. The van der Waals surface area contributed by atoms with Crippen molar-refractivity contribution in [2.75, 3.05) is 38.6 Å². The summed E-state index contributed by atoms with van der Waals surface area (Å²) in [6.45, 7) is 2.83. The summed E-state index contributed by atoms with van der Waals surface area (Å²) in [5.74, 6) is 1.61. The molecule has 7 nitrogen and oxygen atoms in total. The molecule has 3 aromatic rings. The van der Waals surface area contributed by atoms with E-state index >= 15 is 0 Å². The molecule has 0 spiro atoms. The summed E-state index contributed by atoms with van der Waals surface area (Å²) in [5.41, 5.74) is 2.51. The number of pyridine rings is 1. The average molecular weight is 447 g/mol. The molecule has 2 aromatic carbocycles. The van der Waals surface area contributed by atoms with Crippen LogP contribution in [0.1, 0.15) is 35.2 Å². The molecular formula is C26H30N4O3. The molecule has 0 radical (unpaired) electrons. The number of likely N-dealkylation sites (tertiary alicyclic amines) is 1. The van der Waals surface area contributed by atoms with Crippen molar-refractivity contribution in [1.82, 2.24) is 15.2 Å². The Labute approximate surface area is 194 Å². The molecule has 1 fully saturated rings. The predicted molar refractivity (Wildman–Crippen MR) is 130 cm³/mol. The second-order valence-electron chi connectivity index (χ2n) is 8.19. The number of anilines is 1. The van der Waals surface area contributed by atoms with E-state index in [1.165, 1.54) is 0 Å². The quantitative estimate of drug-likeness (QED) is 0.465. The minimum Gasteiger partial charge on any atom is -0.497 e. The van der Waals surface area contributed by atoms with Gasteiger partial charge in [-0.25, -0.2) is 4.98 Å². The highest BCUT2D eigenvalue weighted by Crippen LogP contribution is 2.21. The summed E-state index contributed by atoms with van der Waals surface area (Å²) in [4.78, 5) is 31.3. The number of rotatable bonds is 10. The Morgan fingerprint density at radius 3 is 2.70 bits per heavy atom. The third kappa shape index (κ3) is 5.80. The lowest BCUT2D eigenvalue weighted by molar-refractivity contribution is -0.127. The molecule has 172 valence electrons. The van der Waals surface area contributed by atoms with Crippen molar-refractivity contribution in [2.24, 2.45) is 0 Å². The van der Waals surface area contributed by atoms with E-state index < -0.39 is 0 Å². The summed E-state index contributed by atoms with van der Waals surface area (Å²) >= 11 is 0. The van der Waals surface area contributed by atoms with Crippen LogP contribution in [0.25, 0.3) is 10.9 Å². The van der Waals surface area contributed by atoms with Gasteiger partial charge in [0.1, 0.15) is 11.6 Å². The van der Waals surface area contributed by atoms with Crippen LogP contribution in [-0.4, -0.2) is 55.0 Å². The lowest BCUT2D eigenvalue weighted by Gasteiger charge is -2.16. The van der Waals surface area contributed by atoms with E-state index in [9.17, 15) is 9.59 Å². The summed E-state index contributed by atoms with van der Waals surface area (Å²) in [5, 5.41) is 7.18. The van der Waals surface area contributed by atoms with Gasteiger partial charge < -0.3 is 20.3 Å². The predicted octanol–water partition coefficient (Wildman–Crippen LogP) is 3.64. The number of hydrogen-bond donors (Lipinski definition) is 2.